The highest BCUT2D eigenvalue weighted by Crippen LogP contribution is 2.29. The second-order valence-electron chi connectivity index (χ2n) is 3.88. The Balaban J connectivity index is 2.10. The minimum atomic E-state index is 0.224. The molecule has 1 atom stereocenters. The number of nitrogens with one attached hydrogen (secondary N) is 1. The molecule has 4 heteroatoms. The third-order valence-electron chi connectivity index (χ3n) is 2.51. The van der Waals surface area contributed by atoms with E-state index in [-0.39, 0.29) is 6.04 Å². The smallest absolute Gasteiger partial charge is 0.0795 e. The summed E-state index contributed by atoms with van der Waals surface area (Å²) >= 11 is 3.41. The van der Waals surface area contributed by atoms with E-state index < -0.39 is 0 Å². The Bertz CT molecular complexity index is 494. The van der Waals surface area contributed by atoms with Crippen LogP contribution in [0.4, 0.5) is 5.69 Å². The Hall–Kier alpha value is -1.26. The van der Waals surface area contributed by atoms with Crippen molar-refractivity contribution in [1.29, 1.82) is 0 Å². The van der Waals surface area contributed by atoms with Crippen LogP contribution in [0.15, 0.2) is 52.7 Å². The number of para-hydroxylation sites is 1. The zero-order chi connectivity index (χ0) is 12.8. The number of rotatable bonds is 6. The van der Waals surface area contributed by atoms with Crippen molar-refractivity contribution < 1.29 is 0 Å². The molecule has 0 amide bonds. The summed E-state index contributed by atoms with van der Waals surface area (Å²) in [6.07, 6.45) is 1.92. The molecule has 18 heavy (non-hydrogen) atoms. The molecule has 0 radical (unpaired) electrons. The number of thiazole rings is 1. The number of nitrogens with zero attached hydrogens (tertiary/aromatic N) is 1. The zero-order valence-electron chi connectivity index (χ0n) is 10.3. The van der Waals surface area contributed by atoms with Gasteiger partial charge in [-0.1, -0.05) is 18.2 Å². The van der Waals surface area contributed by atoms with Gasteiger partial charge in [-0.2, -0.15) is 0 Å². The molecular formula is C14H16N2S2. The van der Waals surface area contributed by atoms with Crippen molar-refractivity contribution in [3.63, 3.8) is 0 Å². The van der Waals surface area contributed by atoms with Gasteiger partial charge in [0.25, 0.3) is 0 Å². The van der Waals surface area contributed by atoms with Crippen LogP contribution in [0.2, 0.25) is 0 Å². The van der Waals surface area contributed by atoms with Crippen LogP contribution in [0.1, 0.15) is 18.7 Å². The largest absolute Gasteiger partial charge is 0.376 e. The summed E-state index contributed by atoms with van der Waals surface area (Å²) in [6, 6.07) is 8.57. The summed E-state index contributed by atoms with van der Waals surface area (Å²) in [7, 11) is 0. The molecule has 1 aromatic heterocycles. The van der Waals surface area contributed by atoms with Crippen LogP contribution in [0.5, 0.6) is 0 Å². The van der Waals surface area contributed by atoms with Gasteiger partial charge < -0.3 is 5.32 Å². The fraction of sp³-hybridized carbons (Fsp3) is 0.214. The van der Waals surface area contributed by atoms with Gasteiger partial charge in [-0.15, -0.1) is 29.7 Å². The summed E-state index contributed by atoms with van der Waals surface area (Å²) in [5.74, 6) is 0.920. The van der Waals surface area contributed by atoms with Crippen molar-refractivity contribution in [3.05, 3.63) is 53.5 Å². The maximum Gasteiger partial charge on any atom is 0.0795 e. The first-order valence-electron chi connectivity index (χ1n) is 5.78. The quantitative estimate of drug-likeness (QED) is 0.617. The normalized spacial score (nSPS) is 12.1. The van der Waals surface area contributed by atoms with E-state index in [0.29, 0.717) is 0 Å². The van der Waals surface area contributed by atoms with Gasteiger partial charge in [0.2, 0.25) is 0 Å². The summed E-state index contributed by atoms with van der Waals surface area (Å²) in [4.78, 5) is 5.59. The van der Waals surface area contributed by atoms with E-state index in [1.807, 2.05) is 17.7 Å². The molecule has 0 aliphatic heterocycles. The average molecular weight is 276 g/mol. The van der Waals surface area contributed by atoms with Crippen molar-refractivity contribution in [2.45, 2.75) is 17.9 Å². The maximum atomic E-state index is 4.34. The molecule has 1 N–H and O–H groups in total. The van der Waals surface area contributed by atoms with Crippen molar-refractivity contribution in [2.24, 2.45) is 0 Å². The summed E-state index contributed by atoms with van der Waals surface area (Å²) in [5, 5.41) is 5.59. The van der Waals surface area contributed by atoms with E-state index in [4.69, 9.17) is 0 Å². The van der Waals surface area contributed by atoms with Crippen molar-refractivity contribution in [1.82, 2.24) is 4.98 Å². The number of anilines is 1. The summed E-state index contributed by atoms with van der Waals surface area (Å²) < 4.78 is 0. The minimum absolute atomic E-state index is 0.224. The van der Waals surface area contributed by atoms with E-state index >= 15 is 0 Å². The number of thioether (sulfide) groups is 1. The lowest BCUT2D eigenvalue weighted by molar-refractivity contribution is 0.846. The van der Waals surface area contributed by atoms with E-state index in [1.165, 1.54) is 4.90 Å². The van der Waals surface area contributed by atoms with Gasteiger partial charge in [-0.05, 0) is 19.1 Å². The number of aromatic nitrogens is 1. The van der Waals surface area contributed by atoms with Gasteiger partial charge in [0.1, 0.15) is 0 Å². The first-order valence-corrected chi connectivity index (χ1v) is 7.71. The van der Waals surface area contributed by atoms with Gasteiger partial charge >= 0.3 is 0 Å². The monoisotopic (exact) mass is 276 g/mol. The number of hydrogen-bond acceptors (Lipinski definition) is 4. The molecule has 0 saturated carbocycles. The third kappa shape index (κ3) is 3.37. The third-order valence-corrected chi connectivity index (χ3v) is 4.18. The Morgan fingerprint density at radius 3 is 3.06 bits per heavy atom. The SMILES string of the molecule is C=CCSc1ccccc1NC(C)c1cscn1. The van der Waals surface area contributed by atoms with Crippen molar-refractivity contribution >= 4 is 28.8 Å². The first-order chi connectivity index (χ1) is 8.81. The lowest BCUT2D eigenvalue weighted by Gasteiger charge is -2.16. The highest BCUT2D eigenvalue weighted by Gasteiger charge is 2.09. The molecule has 0 fully saturated rings. The van der Waals surface area contributed by atoms with Gasteiger partial charge in [0.05, 0.1) is 17.2 Å². The van der Waals surface area contributed by atoms with Crippen LogP contribution < -0.4 is 5.32 Å². The lowest BCUT2D eigenvalue weighted by Crippen LogP contribution is -2.07. The van der Waals surface area contributed by atoms with Gasteiger partial charge in [-0.25, -0.2) is 4.98 Å². The zero-order valence-corrected chi connectivity index (χ0v) is 11.9. The van der Waals surface area contributed by atoms with E-state index in [0.717, 1.165) is 17.1 Å². The van der Waals surface area contributed by atoms with Crippen LogP contribution in [0, 0.1) is 0 Å². The average Bonchev–Trinajstić information content (AvgIpc) is 2.91. The second kappa shape index (κ2) is 6.61. The molecular weight excluding hydrogens is 260 g/mol. The first kappa shape index (κ1) is 13.2. The van der Waals surface area contributed by atoms with E-state index in [1.54, 1.807) is 23.1 Å². The molecule has 2 rings (SSSR count). The molecule has 2 aromatic rings. The highest BCUT2D eigenvalue weighted by atomic mass is 32.2. The Morgan fingerprint density at radius 2 is 2.33 bits per heavy atom. The summed E-state index contributed by atoms with van der Waals surface area (Å²) in [5.41, 5.74) is 4.11. The Morgan fingerprint density at radius 1 is 1.50 bits per heavy atom. The fourth-order valence-corrected chi connectivity index (χ4v) is 3.01. The van der Waals surface area contributed by atoms with Gasteiger partial charge in [0.15, 0.2) is 0 Å². The standard InChI is InChI=1S/C14H16N2S2/c1-3-8-18-14-7-5-4-6-12(14)16-11(2)13-9-17-10-15-13/h3-7,9-11,16H,1,8H2,2H3. The molecule has 0 saturated heterocycles. The van der Waals surface area contributed by atoms with Crippen LogP contribution in [-0.2, 0) is 0 Å². The van der Waals surface area contributed by atoms with Crippen molar-refractivity contribution in [2.75, 3.05) is 11.1 Å². The predicted octanol–water partition coefficient (Wildman–Crippen LogP) is 4.59. The summed E-state index contributed by atoms with van der Waals surface area (Å²) in [6.45, 7) is 5.89. The predicted molar refractivity (Wildman–Crippen MR) is 81.5 cm³/mol. The molecule has 0 bridgehead atoms. The van der Waals surface area contributed by atoms with Gasteiger partial charge in [0, 0.05) is 21.7 Å². The molecule has 1 unspecified atom stereocenters. The molecule has 1 aromatic carbocycles. The van der Waals surface area contributed by atoms with Crippen LogP contribution in [-0.4, -0.2) is 10.7 Å². The van der Waals surface area contributed by atoms with Gasteiger partial charge in [-0.3, -0.25) is 0 Å². The highest BCUT2D eigenvalue weighted by molar-refractivity contribution is 7.99. The molecule has 2 nitrogen and oxygen atoms in total. The Kier molecular flexibility index (Phi) is 4.84. The lowest BCUT2D eigenvalue weighted by atomic mass is 10.2. The Labute approximate surface area is 116 Å². The molecule has 0 aliphatic rings. The van der Waals surface area contributed by atoms with Crippen LogP contribution in [0.25, 0.3) is 0 Å². The number of hydrogen-bond donors (Lipinski definition) is 1. The molecule has 94 valence electrons. The molecule has 0 spiro atoms. The number of benzene rings is 1. The van der Waals surface area contributed by atoms with Crippen LogP contribution >= 0.6 is 23.1 Å². The maximum absolute atomic E-state index is 4.34. The second-order valence-corrected chi connectivity index (χ2v) is 5.66. The van der Waals surface area contributed by atoms with Crippen LogP contribution in [0.3, 0.4) is 0 Å². The fourth-order valence-electron chi connectivity index (χ4n) is 1.60. The van der Waals surface area contributed by atoms with Crippen molar-refractivity contribution in [3.8, 4) is 0 Å². The molecule has 1 heterocycles. The topological polar surface area (TPSA) is 24.9 Å². The minimum Gasteiger partial charge on any atom is -0.376 e. The molecule has 0 aliphatic carbocycles. The van der Waals surface area contributed by atoms with E-state index in [2.05, 4.69) is 47.4 Å². The van der Waals surface area contributed by atoms with E-state index in [9.17, 15) is 0 Å².